The molecule has 0 radical (unpaired) electrons. The van der Waals surface area contributed by atoms with Gasteiger partial charge in [-0.1, -0.05) is 25.2 Å². The smallest absolute Gasteiger partial charge is 0.273 e. The van der Waals surface area contributed by atoms with Crippen molar-refractivity contribution in [3.05, 3.63) is 16.5 Å². The Morgan fingerprint density at radius 3 is 2.74 bits per heavy atom. The molecule has 0 aliphatic rings. The van der Waals surface area contributed by atoms with E-state index in [-0.39, 0.29) is 9.34 Å². The maximum absolute atomic E-state index is 12.0. The van der Waals surface area contributed by atoms with E-state index in [4.69, 9.17) is 5.73 Å². The van der Waals surface area contributed by atoms with Gasteiger partial charge in [-0.3, -0.25) is 4.72 Å². The number of hydrogen-bond donors (Lipinski definition) is 2. The summed E-state index contributed by atoms with van der Waals surface area (Å²) in [6.07, 6.45) is 0.783. The standard InChI is InChI=1S/C10H14N4O2S3/c1-6(2)3-8-12-13-10(18-8)14-19(15,16)9-4-7(11)5-17-9/h4-6H,3,11H2,1-2H3,(H,13,14). The molecule has 0 amide bonds. The summed E-state index contributed by atoms with van der Waals surface area (Å²) in [6, 6.07) is 1.42. The van der Waals surface area contributed by atoms with Gasteiger partial charge in [0.2, 0.25) is 5.13 Å². The fourth-order valence-electron chi connectivity index (χ4n) is 1.36. The van der Waals surface area contributed by atoms with Crippen LogP contribution in [0.2, 0.25) is 0 Å². The molecule has 0 aliphatic heterocycles. The molecule has 2 rings (SSSR count). The molecule has 3 N–H and O–H groups in total. The van der Waals surface area contributed by atoms with E-state index in [2.05, 4.69) is 28.8 Å². The molecule has 9 heteroatoms. The molecule has 19 heavy (non-hydrogen) atoms. The van der Waals surface area contributed by atoms with Gasteiger partial charge in [0.25, 0.3) is 10.0 Å². The topological polar surface area (TPSA) is 98.0 Å². The highest BCUT2D eigenvalue weighted by Gasteiger charge is 2.19. The van der Waals surface area contributed by atoms with Crippen molar-refractivity contribution in [1.29, 1.82) is 0 Å². The summed E-state index contributed by atoms with van der Waals surface area (Å²) in [4.78, 5) is 0. The number of hydrogen-bond acceptors (Lipinski definition) is 7. The number of sulfonamides is 1. The van der Waals surface area contributed by atoms with Crippen LogP contribution in [-0.2, 0) is 16.4 Å². The first-order chi connectivity index (χ1) is 8.87. The number of nitrogens with one attached hydrogen (secondary N) is 1. The molecule has 0 aromatic carbocycles. The SMILES string of the molecule is CC(C)Cc1nnc(NS(=O)(=O)c2cc(N)cs2)s1. The quantitative estimate of drug-likeness (QED) is 0.880. The van der Waals surface area contributed by atoms with Gasteiger partial charge in [-0.05, 0) is 12.0 Å². The van der Waals surface area contributed by atoms with Crippen LogP contribution in [0.1, 0.15) is 18.9 Å². The third-order valence-electron chi connectivity index (χ3n) is 2.13. The molecule has 0 unspecified atom stereocenters. The zero-order chi connectivity index (χ0) is 14.0. The van der Waals surface area contributed by atoms with Crippen LogP contribution in [0.4, 0.5) is 10.8 Å². The average molecular weight is 318 g/mol. The molecule has 0 aliphatic carbocycles. The van der Waals surface area contributed by atoms with Crippen molar-refractivity contribution in [2.24, 2.45) is 5.92 Å². The van der Waals surface area contributed by atoms with Crippen molar-refractivity contribution in [3.8, 4) is 0 Å². The Morgan fingerprint density at radius 1 is 1.42 bits per heavy atom. The zero-order valence-electron chi connectivity index (χ0n) is 10.5. The highest BCUT2D eigenvalue weighted by molar-refractivity contribution is 7.94. The lowest BCUT2D eigenvalue weighted by atomic mass is 10.1. The number of rotatable bonds is 5. The van der Waals surface area contributed by atoms with Crippen molar-refractivity contribution >= 4 is 43.5 Å². The molecule has 0 atom stereocenters. The van der Waals surface area contributed by atoms with E-state index in [1.807, 2.05) is 0 Å². The van der Waals surface area contributed by atoms with E-state index in [0.717, 1.165) is 22.8 Å². The summed E-state index contributed by atoms with van der Waals surface area (Å²) in [5, 5.41) is 10.5. The van der Waals surface area contributed by atoms with Gasteiger partial charge in [0, 0.05) is 17.5 Å². The van der Waals surface area contributed by atoms with Gasteiger partial charge >= 0.3 is 0 Å². The van der Waals surface area contributed by atoms with E-state index >= 15 is 0 Å². The predicted molar refractivity (Wildman–Crippen MR) is 78.0 cm³/mol. The van der Waals surface area contributed by atoms with Crippen LogP contribution in [0.5, 0.6) is 0 Å². The maximum Gasteiger partial charge on any atom is 0.273 e. The molecule has 0 bridgehead atoms. The van der Waals surface area contributed by atoms with Gasteiger partial charge in [0.15, 0.2) is 0 Å². The fraction of sp³-hybridized carbons (Fsp3) is 0.400. The predicted octanol–water partition coefficient (Wildman–Crippen LogP) is 2.18. The normalized spacial score (nSPS) is 11.9. The number of anilines is 2. The second-order valence-electron chi connectivity index (χ2n) is 4.40. The average Bonchev–Trinajstić information content (AvgIpc) is 2.87. The molecule has 104 valence electrons. The zero-order valence-corrected chi connectivity index (χ0v) is 12.9. The third-order valence-corrected chi connectivity index (χ3v) is 5.92. The number of aromatic nitrogens is 2. The van der Waals surface area contributed by atoms with Crippen molar-refractivity contribution in [1.82, 2.24) is 10.2 Å². The summed E-state index contributed by atoms with van der Waals surface area (Å²) in [7, 11) is -3.61. The Balaban J connectivity index is 2.14. The minimum absolute atomic E-state index is 0.172. The van der Waals surface area contributed by atoms with Gasteiger partial charge in [0.05, 0.1) is 0 Å². The summed E-state index contributed by atoms with van der Waals surface area (Å²) in [5.74, 6) is 0.453. The van der Waals surface area contributed by atoms with E-state index in [9.17, 15) is 8.42 Å². The first kappa shape index (κ1) is 14.2. The fourth-order valence-corrected chi connectivity index (χ4v) is 4.62. The van der Waals surface area contributed by atoms with Crippen LogP contribution in [0.25, 0.3) is 0 Å². The molecule has 0 spiro atoms. The molecule has 2 heterocycles. The molecule has 0 fully saturated rings. The lowest BCUT2D eigenvalue weighted by molar-refractivity contribution is 0.603. The number of nitrogens with zero attached hydrogens (tertiary/aromatic N) is 2. The molecule has 2 aromatic rings. The van der Waals surface area contributed by atoms with Crippen molar-refractivity contribution in [2.45, 2.75) is 24.5 Å². The van der Waals surface area contributed by atoms with Gasteiger partial charge < -0.3 is 5.73 Å². The van der Waals surface area contributed by atoms with Gasteiger partial charge in [-0.2, -0.15) is 0 Å². The number of nitrogen functional groups attached to an aromatic ring is 1. The molecule has 6 nitrogen and oxygen atoms in total. The van der Waals surface area contributed by atoms with Crippen molar-refractivity contribution < 1.29 is 8.42 Å². The number of nitrogens with two attached hydrogens (primary N) is 1. The maximum atomic E-state index is 12.0. The second kappa shape index (κ2) is 5.43. The van der Waals surface area contributed by atoms with Gasteiger partial charge in [-0.25, -0.2) is 8.42 Å². The highest BCUT2D eigenvalue weighted by Crippen LogP contribution is 2.26. The Bertz CT molecular complexity index is 660. The monoisotopic (exact) mass is 318 g/mol. The van der Waals surface area contributed by atoms with Gasteiger partial charge in [0.1, 0.15) is 9.22 Å². The summed E-state index contributed by atoms with van der Waals surface area (Å²) < 4.78 is 26.6. The molecular weight excluding hydrogens is 304 g/mol. The van der Waals surface area contributed by atoms with Crippen molar-refractivity contribution in [2.75, 3.05) is 10.5 Å². The third kappa shape index (κ3) is 3.64. The summed E-state index contributed by atoms with van der Waals surface area (Å²) in [5.41, 5.74) is 5.95. The van der Waals surface area contributed by atoms with Crippen LogP contribution in [0.15, 0.2) is 15.7 Å². The lowest BCUT2D eigenvalue weighted by Gasteiger charge is -2.00. The highest BCUT2D eigenvalue weighted by atomic mass is 32.2. The van der Waals surface area contributed by atoms with E-state index < -0.39 is 10.0 Å². The van der Waals surface area contributed by atoms with Crippen LogP contribution < -0.4 is 10.5 Å². The van der Waals surface area contributed by atoms with E-state index in [1.54, 1.807) is 5.38 Å². The van der Waals surface area contributed by atoms with E-state index in [1.165, 1.54) is 17.4 Å². The van der Waals surface area contributed by atoms with Crippen LogP contribution in [0, 0.1) is 5.92 Å². The van der Waals surface area contributed by atoms with Crippen LogP contribution >= 0.6 is 22.7 Å². The first-order valence-electron chi connectivity index (χ1n) is 5.56. The minimum Gasteiger partial charge on any atom is -0.398 e. The molecule has 2 aromatic heterocycles. The summed E-state index contributed by atoms with van der Waals surface area (Å²) in [6.45, 7) is 4.14. The first-order valence-corrected chi connectivity index (χ1v) is 8.74. The minimum atomic E-state index is -3.61. The molecular formula is C10H14N4O2S3. The summed E-state index contributed by atoms with van der Waals surface area (Å²) >= 11 is 2.32. The Hall–Kier alpha value is -1.19. The Kier molecular flexibility index (Phi) is 4.07. The lowest BCUT2D eigenvalue weighted by Crippen LogP contribution is -2.11. The second-order valence-corrected chi connectivity index (χ2v) is 8.29. The largest absolute Gasteiger partial charge is 0.398 e. The Labute approximate surface area is 119 Å². The molecule has 0 saturated heterocycles. The van der Waals surface area contributed by atoms with E-state index in [0.29, 0.717) is 11.6 Å². The van der Waals surface area contributed by atoms with Crippen LogP contribution in [0.3, 0.4) is 0 Å². The molecule has 0 saturated carbocycles. The van der Waals surface area contributed by atoms with Crippen LogP contribution in [-0.4, -0.2) is 18.6 Å². The Morgan fingerprint density at radius 2 is 2.16 bits per heavy atom. The van der Waals surface area contributed by atoms with Gasteiger partial charge in [-0.15, -0.1) is 21.5 Å². The van der Waals surface area contributed by atoms with Crippen molar-refractivity contribution in [3.63, 3.8) is 0 Å². The number of thiophene rings is 1.